The number of hydrogen-bond acceptors (Lipinski definition) is 3. The number of halogens is 1. The summed E-state index contributed by atoms with van der Waals surface area (Å²) in [5.74, 6) is -0.194. The molecule has 0 aliphatic rings. The lowest BCUT2D eigenvalue weighted by atomic mass is 10.1. The molecule has 0 aliphatic carbocycles. The van der Waals surface area contributed by atoms with Gasteiger partial charge >= 0.3 is 0 Å². The van der Waals surface area contributed by atoms with Crippen LogP contribution in [0.4, 0.5) is 4.39 Å². The summed E-state index contributed by atoms with van der Waals surface area (Å²) in [7, 11) is 0. The Bertz CT molecular complexity index is 521. The van der Waals surface area contributed by atoms with Gasteiger partial charge in [-0.15, -0.1) is 5.10 Å². The maximum absolute atomic E-state index is 13.2. The van der Waals surface area contributed by atoms with Crippen molar-refractivity contribution in [2.75, 3.05) is 6.54 Å². The highest BCUT2D eigenvalue weighted by atomic mass is 19.1. The summed E-state index contributed by atoms with van der Waals surface area (Å²) in [6.45, 7) is 3.21. The number of aryl methyl sites for hydroxylation is 2. The van der Waals surface area contributed by atoms with Crippen molar-refractivity contribution < 1.29 is 4.39 Å². The largest absolute Gasteiger partial charge is 0.330 e. The van der Waals surface area contributed by atoms with Gasteiger partial charge in [-0.3, -0.25) is 0 Å². The highest BCUT2D eigenvalue weighted by Crippen LogP contribution is 2.21. The second-order valence-corrected chi connectivity index (χ2v) is 4.30. The molecule has 0 amide bonds. The molecule has 1 aromatic heterocycles. The van der Waals surface area contributed by atoms with Crippen LogP contribution in [0, 0.1) is 12.7 Å². The molecule has 0 aliphatic heterocycles. The molecule has 5 heteroatoms. The monoisotopic (exact) mass is 248 g/mol. The molecule has 2 N–H and O–H groups in total. The van der Waals surface area contributed by atoms with E-state index in [0.717, 1.165) is 30.6 Å². The van der Waals surface area contributed by atoms with Gasteiger partial charge < -0.3 is 5.73 Å². The maximum atomic E-state index is 13.2. The second kappa shape index (κ2) is 5.73. The number of unbranched alkanes of at least 4 members (excludes halogenated alkanes) is 1. The van der Waals surface area contributed by atoms with Crippen LogP contribution in [0.3, 0.4) is 0 Å². The fraction of sp³-hybridized carbons (Fsp3) is 0.385. The Morgan fingerprint density at radius 2 is 2.17 bits per heavy atom. The average Bonchev–Trinajstić information content (AvgIpc) is 2.81. The van der Waals surface area contributed by atoms with Crippen LogP contribution in [0.2, 0.25) is 0 Å². The highest BCUT2D eigenvalue weighted by Gasteiger charge is 2.08. The first-order valence-corrected chi connectivity index (χ1v) is 6.07. The van der Waals surface area contributed by atoms with Gasteiger partial charge in [0.15, 0.2) is 0 Å². The molecule has 0 fully saturated rings. The molecule has 2 rings (SSSR count). The molecule has 0 saturated heterocycles. The maximum Gasteiger partial charge on any atom is 0.126 e. The number of nitrogens with zero attached hydrogens (tertiary/aromatic N) is 3. The van der Waals surface area contributed by atoms with E-state index in [9.17, 15) is 4.39 Å². The molecule has 4 nitrogen and oxygen atoms in total. The molecular formula is C13H17FN4. The van der Waals surface area contributed by atoms with E-state index in [1.165, 1.54) is 6.07 Å². The summed E-state index contributed by atoms with van der Waals surface area (Å²) in [4.78, 5) is 0. The van der Waals surface area contributed by atoms with Gasteiger partial charge in [-0.25, -0.2) is 9.07 Å². The standard InChI is InChI=1S/C13H17FN4/c1-10-8-11(4-5-12(10)14)13-9-16-17-18(13)7-3-2-6-15/h4-5,8-9H,2-3,6-7,15H2,1H3. The third-order valence-electron chi connectivity index (χ3n) is 2.90. The van der Waals surface area contributed by atoms with Crippen molar-refractivity contribution in [3.8, 4) is 11.3 Å². The van der Waals surface area contributed by atoms with Gasteiger partial charge in [0, 0.05) is 12.1 Å². The summed E-state index contributed by atoms with van der Waals surface area (Å²) in [5, 5.41) is 7.97. The molecule has 0 saturated carbocycles. The highest BCUT2D eigenvalue weighted by molar-refractivity contribution is 5.59. The normalized spacial score (nSPS) is 10.8. The minimum atomic E-state index is -0.194. The topological polar surface area (TPSA) is 56.7 Å². The van der Waals surface area contributed by atoms with Gasteiger partial charge in [-0.1, -0.05) is 5.21 Å². The van der Waals surface area contributed by atoms with E-state index in [1.807, 2.05) is 10.7 Å². The van der Waals surface area contributed by atoms with Gasteiger partial charge in [0.2, 0.25) is 0 Å². The Kier molecular flexibility index (Phi) is 4.04. The molecule has 0 atom stereocenters. The van der Waals surface area contributed by atoms with Crippen LogP contribution in [0.1, 0.15) is 18.4 Å². The van der Waals surface area contributed by atoms with Gasteiger partial charge in [0.05, 0.1) is 11.9 Å². The van der Waals surface area contributed by atoms with Crippen molar-refractivity contribution in [2.24, 2.45) is 5.73 Å². The molecular weight excluding hydrogens is 231 g/mol. The van der Waals surface area contributed by atoms with E-state index in [-0.39, 0.29) is 5.82 Å². The Morgan fingerprint density at radius 1 is 1.33 bits per heavy atom. The van der Waals surface area contributed by atoms with Crippen LogP contribution >= 0.6 is 0 Å². The zero-order valence-corrected chi connectivity index (χ0v) is 10.4. The SMILES string of the molecule is Cc1cc(-c2cnnn2CCCCN)ccc1F. The lowest BCUT2D eigenvalue weighted by Gasteiger charge is -2.07. The van der Waals surface area contributed by atoms with Crippen LogP contribution < -0.4 is 5.73 Å². The molecule has 1 heterocycles. The zero-order valence-electron chi connectivity index (χ0n) is 10.4. The molecule has 0 unspecified atom stereocenters. The van der Waals surface area contributed by atoms with Crippen molar-refractivity contribution in [3.05, 3.63) is 35.8 Å². The van der Waals surface area contributed by atoms with Crippen molar-refractivity contribution >= 4 is 0 Å². The van der Waals surface area contributed by atoms with E-state index in [2.05, 4.69) is 10.3 Å². The Hall–Kier alpha value is -1.75. The molecule has 1 aromatic carbocycles. The van der Waals surface area contributed by atoms with Crippen LogP contribution in [-0.2, 0) is 6.54 Å². The fourth-order valence-electron chi connectivity index (χ4n) is 1.86. The molecule has 0 radical (unpaired) electrons. The first-order valence-electron chi connectivity index (χ1n) is 6.07. The second-order valence-electron chi connectivity index (χ2n) is 4.30. The molecule has 18 heavy (non-hydrogen) atoms. The van der Waals surface area contributed by atoms with E-state index in [0.29, 0.717) is 12.1 Å². The average molecular weight is 248 g/mol. The van der Waals surface area contributed by atoms with Crippen LogP contribution in [0.15, 0.2) is 24.4 Å². The Balaban J connectivity index is 2.22. The quantitative estimate of drug-likeness (QED) is 0.825. The summed E-state index contributed by atoms with van der Waals surface area (Å²) in [6.07, 6.45) is 3.63. The molecule has 0 bridgehead atoms. The zero-order chi connectivity index (χ0) is 13.0. The van der Waals surface area contributed by atoms with Gasteiger partial charge in [-0.05, 0) is 50.1 Å². The van der Waals surface area contributed by atoms with E-state index in [4.69, 9.17) is 5.73 Å². The van der Waals surface area contributed by atoms with Crippen molar-refractivity contribution in [3.63, 3.8) is 0 Å². The molecule has 2 aromatic rings. The summed E-state index contributed by atoms with van der Waals surface area (Å²) in [6, 6.07) is 5.04. The summed E-state index contributed by atoms with van der Waals surface area (Å²) in [5.41, 5.74) is 7.94. The Labute approximate surface area is 106 Å². The molecule has 0 spiro atoms. The summed E-state index contributed by atoms with van der Waals surface area (Å²) < 4.78 is 15.1. The predicted molar refractivity (Wildman–Crippen MR) is 68.4 cm³/mol. The van der Waals surface area contributed by atoms with Crippen LogP contribution in [0.25, 0.3) is 11.3 Å². The van der Waals surface area contributed by atoms with Crippen molar-refractivity contribution in [1.82, 2.24) is 15.0 Å². The number of nitrogens with two attached hydrogens (primary N) is 1. The minimum absolute atomic E-state index is 0.194. The minimum Gasteiger partial charge on any atom is -0.330 e. The fourth-order valence-corrected chi connectivity index (χ4v) is 1.86. The third-order valence-corrected chi connectivity index (χ3v) is 2.90. The van der Waals surface area contributed by atoms with E-state index < -0.39 is 0 Å². The number of hydrogen-bond donors (Lipinski definition) is 1. The number of rotatable bonds is 5. The Morgan fingerprint density at radius 3 is 2.89 bits per heavy atom. The molecule has 96 valence electrons. The van der Waals surface area contributed by atoms with Crippen molar-refractivity contribution in [1.29, 1.82) is 0 Å². The van der Waals surface area contributed by atoms with E-state index in [1.54, 1.807) is 19.2 Å². The lowest BCUT2D eigenvalue weighted by Crippen LogP contribution is -2.06. The number of benzene rings is 1. The van der Waals surface area contributed by atoms with Gasteiger partial charge in [-0.2, -0.15) is 0 Å². The number of aromatic nitrogens is 3. The predicted octanol–water partition coefficient (Wildman–Crippen LogP) is 2.13. The van der Waals surface area contributed by atoms with Crippen LogP contribution in [-0.4, -0.2) is 21.5 Å². The lowest BCUT2D eigenvalue weighted by molar-refractivity contribution is 0.548. The van der Waals surface area contributed by atoms with E-state index >= 15 is 0 Å². The first-order chi connectivity index (χ1) is 8.72. The smallest absolute Gasteiger partial charge is 0.126 e. The third kappa shape index (κ3) is 2.73. The summed E-state index contributed by atoms with van der Waals surface area (Å²) >= 11 is 0. The van der Waals surface area contributed by atoms with Crippen LogP contribution in [0.5, 0.6) is 0 Å². The van der Waals surface area contributed by atoms with Gasteiger partial charge in [0.25, 0.3) is 0 Å². The van der Waals surface area contributed by atoms with Gasteiger partial charge in [0.1, 0.15) is 5.82 Å². The van der Waals surface area contributed by atoms with Crippen molar-refractivity contribution in [2.45, 2.75) is 26.3 Å². The first kappa shape index (κ1) is 12.7.